The Labute approximate surface area is 122 Å². The number of Topliss-reactive ketones (excluding diaryl/α,β-unsaturated/α-hetero) is 1. The minimum absolute atomic E-state index is 0.128. The van der Waals surface area contributed by atoms with E-state index in [0.29, 0.717) is 28.6 Å². The Morgan fingerprint density at radius 3 is 2.79 bits per heavy atom. The number of hydrogen-bond acceptors (Lipinski definition) is 3. The Morgan fingerprint density at radius 1 is 1.53 bits per heavy atom. The molecule has 0 saturated carbocycles. The molecule has 0 aromatic heterocycles. The van der Waals surface area contributed by atoms with E-state index in [0.717, 1.165) is 0 Å². The molecule has 1 aromatic carbocycles. The van der Waals surface area contributed by atoms with Gasteiger partial charge >= 0.3 is 0 Å². The van der Waals surface area contributed by atoms with Crippen LogP contribution in [0.5, 0.6) is 0 Å². The molecule has 100 valence electrons. The van der Waals surface area contributed by atoms with E-state index in [1.165, 1.54) is 0 Å². The maximum Gasteiger partial charge on any atom is 0.160 e. The molecule has 0 spiro atoms. The summed E-state index contributed by atoms with van der Waals surface area (Å²) in [6.45, 7) is 2.41. The van der Waals surface area contributed by atoms with E-state index in [-0.39, 0.29) is 17.8 Å². The smallest absolute Gasteiger partial charge is 0.160 e. The third kappa shape index (κ3) is 2.92. The van der Waals surface area contributed by atoms with Crippen LogP contribution in [-0.2, 0) is 9.53 Å². The molecular formula is C14H13Cl2NO2. The maximum absolute atomic E-state index is 12.4. The maximum atomic E-state index is 12.4. The first kappa shape index (κ1) is 14.3. The summed E-state index contributed by atoms with van der Waals surface area (Å²) in [6.07, 6.45) is 0.512. The highest BCUT2D eigenvalue weighted by molar-refractivity contribution is 6.35. The van der Waals surface area contributed by atoms with Crippen molar-refractivity contribution in [2.24, 2.45) is 5.92 Å². The summed E-state index contributed by atoms with van der Waals surface area (Å²) in [5.41, 5.74) is 0.512. The fourth-order valence-electron chi connectivity index (χ4n) is 2.34. The number of nitrogens with zero attached hydrogens (tertiary/aromatic N) is 1. The van der Waals surface area contributed by atoms with Crippen LogP contribution in [-0.4, -0.2) is 18.5 Å². The van der Waals surface area contributed by atoms with E-state index in [9.17, 15) is 10.1 Å². The van der Waals surface area contributed by atoms with Gasteiger partial charge < -0.3 is 4.74 Å². The lowest BCUT2D eigenvalue weighted by atomic mass is 9.85. The normalized spacial score (nSPS) is 23.9. The monoisotopic (exact) mass is 297 g/mol. The van der Waals surface area contributed by atoms with Crippen LogP contribution in [0.15, 0.2) is 18.2 Å². The van der Waals surface area contributed by atoms with Crippen LogP contribution in [0.4, 0.5) is 0 Å². The predicted molar refractivity (Wildman–Crippen MR) is 73.3 cm³/mol. The Hall–Kier alpha value is -1.08. The van der Waals surface area contributed by atoms with Gasteiger partial charge in [0.25, 0.3) is 0 Å². The largest absolute Gasteiger partial charge is 0.378 e. The summed E-state index contributed by atoms with van der Waals surface area (Å²) in [4.78, 5) is 12.4. The zero-order chi connectivity index (χ0) is 14.0. The number of nitriles is 1. The first-order valence-corrected chi connectivity index (χ1v) is 6.80. The van der Waals surface area contributed by atoms with Crippen LogP contribution in [0.1, 0.15) is 24.8 Å². The Morgan fingerprint density at radius 2 is 2.26 bits per heavy atom. The van der Waals surface area contributed by atoms with Gasteiger partial charge in [0.2, 0.25) is 0 Å². The van der Waals surface area contributed by atoms with E-state index < -0.39 is 5.92 Å². The number of ether oxygens (including phenoxy) is 1. The van der Waals surface area contributed by atoms with Crippen LogP contribution < -0.4 is 0 Å². The second-order valence-corrected chi connectivity index (χ2v) is 5.45. The van der Waals surface area contributed by atoms with Crippen molar-refractivity contribution in [1.29, 1.82) is 5.26 Å². The van der Waals surface area contributed by atoms with E-state index in [1.807, 2.05) is 13.0 Å². The zero-order valence-corrected chi connectivity index (χ0v) is 11.9. The molecule has 1 saturated heterocycles. The number of benzene rings is 1. The molecule has 3 unspecified atom stereocenters. The molecule has 0 radical (unpaired) electrons. The van der Waals surface area contributed by atoms with E-state index in [1.54, 1.807) is 18.2 Å². The summed E-state index contributed by atoms with van der Waals surface area (Å²) in [5.74, 6) is -1.23. The highest BCUT2D eigenvalue weighted by atomic mass is 35.5. The van der Waals surface area contributed by atoms with Gasteiger partial charge in [0.1, 0.15) is 5.92 Å². The third-order valence-electron chi connectivity index (χ3n) is 3.43. The molecule has 0 amide bonds. The minimum atomic E-state index is -0.862. The third-order valence-corrected chi connectivity index (χ3v) is 3.99. The standard InChI is InChI=1S/C14H13Cl2NO2/c1-8-10(4-5-19-8)14(18)12(7-17)11-3-2-9(15)6-13(11)16/h2-3,6,8,10,12H,4-5H2,1H3. The molecule has 5 heteroatoms. The van der Waals surface area contributed by atoms with Gasteiger partial charge in [-0.15, -0.1) is 0 Å². The number of rotatable bonds is 3. The van der Waals surface area contributed by atoms with Gasteiger partial charge in [-0.25, -0.2) is 0 Å². The van der Waals surface area contributed by atoms with Crippen LogP contribution in [0.25, 0.3) is 0 Å². The molecule has 0 N–H and O–H groups in total. The summed E-state index contributed by atoms with van der Waals surface area (Å²) >= 11 is 11.9. The van der Waals surface area contributed by atoms with Crippen LogP contribution in [0.3, 0.4) is 0 Å². The van der Waals surface area contributed by atoms with Crippen molar-refractivity contribution in [2.45, 2.75) is 25.4 Å². The SMILES string of the molecule is CC1OCCC1C(=O)C(C#N)c1ccc(Cl)cc1Cl. The zero-order valence-electron chi connectivity index (χ0n) is 10.4. The summed E-state index contributed by atoms with van der Waals surface area (Å²) in [7, 11) is 0. The predicted octanol–water partition coefficient (Wildman–Crippen LogP) is 3.59. The second-order valence-electron chi connectivity index (χ2n) is 4.60. The molecule has 3 nitrogen and oxygen atoms in total. The highest BCUT2D eigenvalue weighted by Gasteiger charge is 2.36. The fraction of sp³-hybridized carbons (Fsp3) is 0.429. The average Bonchev–Trinajstić information content (AvgIpc) is 2.78. The molecule has 19 heavy (non-hydrogen) atoms. The highest BCUT2D eigenvalue weighted by Crippen LogP contribution is 2.33. The number of hydrogen-bond donors (Lipinski definition) is 0. The lowest BCUT2D eigenvalue weighted by molar-refractivity contribution is -0.124. The Kier molecular flexibility index (Phi) is 4.46. The van der Waals surface area contributed by atoms with Crippen LogP contribution in [0, 0.1) is 17.2 Å². The number of ketones is 1. The first-order chi connectivity index (χ1) is 9.04. The molecule has 0 bridgehead atoms. The van der Waals surface area contributed by atoms with Gasteiger partial charge in [-0.05, 0) is 31.0 Å². The molecule has 0 aliphatic carbocycles. The van der Waals surface area contributed by atoms with Crippen molar-refractivity contribution in [3.05, 3.63) is 33.8 Å². The molecule has 3 atom stereocenters. The van der Waals surface area contributed by atoms with Crippen molar-refractivity contribution >= 4 is 29.0 Å². The van der Waals surface area contributed by atoms with Crippen molar-refractivity contribution in [3.63, 3.8) is 0 Å². The first-order valence-electron chi connectivity index (χ1n) is 6.04. The fourth-order valence-corrected chi connectivity index (χ4v) is 2.86. The Balaban J connectivity index is 2.29. The van der Waals surface area contributed by atoms with Gasteiger partial charge in [-0.3, -0.25) is 4.79 Å². The molecule has 1 aliphatic rings. The van der Waals surface area contributed by atoms with Gasteiger partial charge in [0.05, 0.1) is 12.2 Å². The van der Waals surface area contributed by atoms with Crippen molar-refractivity contribution in [3.8, 4) is 6.07 Å². The van der Waals surface area contributed by atoms with Crippen molar-refractivity contribution in [2.75, 3.05) is 6.61 Å². The van der Waals surface area contributed by atoms with Gasteiger partial charge in [-0.1, -0.05) is 29.3 Å². The lowest BCUT2D eigenvalue weighted by Gasteiger charge is -2.17. The lowest BCUT2D eigenvalue weighted by Crippen LogP contribution is -2.26. The molecule has 2 rings (SSSR count). The molecular weight excluding hydrogens is 285 g/mol. The average molecular weight is 298 g/mol. The Bertz CT molecular complexity index is 539. The van der Waals surface area contributed by atoms with Gasteiger partial charge in [0.15, 0.2) is 5.78 Å². The molecule has 1 heterocycles. The van der Waals surface area contributed by atoms with Crippen LogP contribution in [0.2, 0.25) is 10.0 Å². The van der Waals surface area contributed by atoms with Crippen molar-refractivity contribution < 1.29 is 9.53 Å². The number of carbonyl (C=O) groups excluding carboxylic acids is 1. The van der Waals surface area contributed by atoms with Gasteiger partial charge in [0, 0.05) is 22.6 Å². The molecule has 1 fully saturated rings. The van der Waals surface area contributed by atoms with E-state index in [2.05, 4.69) is 0 Å². The topological polar surface area (TPSA) is 50.1 Å². The number of halogens is 2. The van der Waals surface area contributed by atoms with Crippen molar-refractivity contribution in [1.82, 2.24) is 0 Å². The second kappa shape index (κ2) is 5.92. The molecule has 1 aromatic rings. The number of carbonyl (C=O) groups is 1. The summed E-state index contributed by atoms with van der Waals surface area (Å²) in [5, 5.41) is 10.1. The minimum Gasteiger partial charge on any atom is -0.378 e. The van der Waals surface area contributed by atoms with Crippen LogP contribution >= 0.6 is 23.2 Å². The van der Waals surface area contributed by atoms with E-state index >= 15 is 0 Å². The van der Waals surface area contributed by atoms with E-state index in [4.69, 9.17) is 27.9 Å². The summed E-state index contributed by atoms with van der Waals surface area (Å²) in [6, 6.07) is 6.86. The quantitative estimate of drug-likeness (QED) is 0.856. The van der Waals surface area contributed by atoms with Gasteiger partial charge in [-0.2, -0.15) is 5.26 Å². The summed E-state index contributed by atoms with van der Waals surface area (Å²) < 4.78 is 5.38. The molecule has 1 aliphatic heterocycles.